The van der Waals surface area contributed by atoms with Crippen LogP contribution in [0.25, 0.3) is 23.2 Å². The van der Waals surface area contributed by atoms with Gasteiger partial charge in [0.1, 0.15) is 37.0 Å². The van der Waals surface area contributed by atoms with Crippen molar-refractivity contribution in [1.29, 1.82) is 0 Å². The standard InChI is InChI=1S/C29H33N5O9/c1-29(2,3)43-27(36)30-13-9-8-12-19(34-28(37)42-14-18-10-6-5-7-11-18)23-31-20(15-39-23)24-32-21(16-40-24)25-33-22(17-41-25)26(35)38-4/h5-7,10-11,15-17,19H,8-9,12-14H2,1-4H3,(H,30,36)(H,34,37). The number of oxazole rings is 3. The van der Waals surface area contributed by atoms with Gasteiger partial charge in [0.05, 0.1) is 7.11 Å². The van der Waals surface area contributed by atoms with Crippen molar-refractivity contribution in [3.63, 3.8) is 0 Å². The van der Waals surface area contributed by atoms with E-state index in [1.165, 1.54) is 19.6 Å². The van der Waals surface area contributed by atoms with Gasteiger partial charge in [0.2, 0.25) is 17.7 Å². The number of amides is 2. The van der Waals surface area contributed by atoms with E-state index in [1.54, 1.807) is 20.8 Å². The summed E-state index contributed by atoms with van der Waals surface area (Å²) in [5.41, 5.74) is 0.722. The van der Waals surface area contributed by atoms with Gasteiger partial charge in [-0.3, -0.25) is 0 Å². The Kier molecular flexibility index (Phi) is 10.1. The van der Waals surface area contributed by atoms with Gasteiger partial charge in [0, 0.05) is 6.54 Å². The monoisotopic (exact) mass is 595 g/mol. The van der Waals surface area contributed by atoms with Gasteiger partial charge in [-0.2, -0.15) is 0 Å². The number of nitrogens with zero attached hydrogens (tertiary/aromatic N) is 3. The summed E-state index contributed by atoms with van der Waals surface area (Å²) >= 11 is 0. The molecule has 2 N–H and O–H groups in total. The van der Waals surface area contributed by atoms with Crippen LogP contribution in [-0.2, 0) is 20.8 Å². The molecule has 2 amide bonds. The Bertz CT molecular complexity index is 1500. The summed E-state index contributed by atoms with van der Waals surface area (Å²) in [5.74, 6) is -0.286. The number of carbonyl (C=O) groups excluding carboxylic acids is 3. The molecule has 1 aromatic carbocycles. The van der Waals surface area contributed by atoms with Gasteiger partial charge in [0.25, 0.3) is 0 Å². The number of rotatable bonds is 12. The van der Waals surface area contributed by atoms with Crippen molar-refractivity contribution in [1.82, 2.24) is 25.6 Å². The predicted octanol–water partition coefficient (Wildman–Crippen LogP) is 5.43. The van der Waals surface area contributed by atoms with Crippen LogP contribution in [0.5, 0.6) is 0 Å². The summed E-state index contributed by atoms with van der Waals surface area (Å²) in [6.07, 6.45) is 4.29. The number of esters is 1. The molecular formula is C29H33N5O9. The fourth-order valence-corrected chi connectivity index (χ4v) is 3.77. The van der Waals surface area contributed by atoms with Gasteiger partial charge in [-0.05, 0) is 45.6 Å². The van der Waals surface area contributed by atoms with Gasteiger partial charge in [-0.25, -0.2) is 29.3 Å². The Labute approximate surface area is 247 Å². The van der Waals surface area contributed by atoms with Crippen LogP contribution in [0.1, 0.15) is 68.0 Å². The van der Waals surface area contributed by atoms with E-state index in [4.69, 9.17) is 22.7 Å². The quantitative estimate of drug-likeness (QED) is 0.120. The zero-order valence-corrected chi connectivity index (χ0v) is 24.2. The lowest BCUT2D eigenvalue weighted by molar-refractivity contribution is 0.0525. The van der Waals surface area contributed by atoms with Gasteiger partial charge in [-0.15, -0.1) is 0 Å². The van der Waals surface area contributed by atoms with Crippen LogP contribution < -0.4 is 10.6 Å². The molecule has 0 saturated carbocycles. The highest BCUT2D eigenvalue weighted by Crippen LogP contribution is 2.27. The molecule has 228 valence electrons. The topological polar surface area (TPSA) is 181 Å². The van der Waals surface area contributed by atoms with Gasteiger partial charge < -0.3 is 38.1 Å². The number of methoxy groups -OCH3 is 1. The van der Waals surface area contributed by atoms with Crippen LogP contribution >= 0.6 is 0 Å². The molecule has 1 atom stereocenters. The van der Waals surface area contributed by atoms with Crippen molar-refractivity contribution in [2.24, 2.45) is 0 Å². The van der Waals surface area contributed by atoms with Crippen molar-refractivity contribution in [2.75, 3.05) is 13.7 Å². The summed E-state index contributed by atoms with van der Waals surface area (Å²) < 4.78 is 31.8. The first-order chi connectivity index (χ1) is 20.6. The zero-order valence-electron chi connectivity index (χ0n) is 24.2. The average molecular weight is 596 g/mol. The molecule has 3 heterocycles. The van der Waals surface area contributed by atoms with E-state index in [0.29, 0.717) is 25.8 Å². The summed E-state index contributed by atoms with van der Waals surface area (Å²) in [6.45, 7) is 5.84. The number of hydrogen-bond acceptors (Lipinski definition) is 12. The van der Waals surface area contributed by atoms with Gasteiger partial charge in [-0.1, -0.05) is 30.3 Å². The summed E-state index contributed by atoms with van der Waals surface area (Å²) in [4.78, 5) is 49.0. The van der Waals surface area contributed by atoms with E-state index >= 15 is 0 Å². The minimum absolute atomic E-state index is 0.0138. The Hall–Kier alpha value is -5.14. The van der Waals surface area contributed by atoms with Gasteiger partial charge in [0.15, 0.2) is 17.1 Å². The van der Waals surface area contributed by atoms with E-state index in [9.17, 15) is 14.4 Å². The molecule has 0 saturated heterocycles. The van der Waals surface area contributed by atoms with E-state index in [-0.39, 0.29) is 41.4 Å². The lowest BCUT2D eigenvalue weighted by atomic mass is 10.1. The van der Waals surface area contributed by atoms with Crippen molar-refractivity contribution in [3.05, 3.63) is 66.3 Å². The molecule has 0 aliphatic carbocycles. The first-order valence-corrected chi connectivity index (χ1v) is 13.5. The summed E-state index contributed by atoms with van der Waals surface area (Å²) in [5, 5.41) is 5.51. The molecule has 0 spiro atoms. The fraction of sp³-hybridized carbons (Fsp3) is 0.379. The number of ether oxygens (including phenoxy) is 3. The lowest BCUT2D eigenvalue weighted by Gasteiger charge is -2.19. The second-order valence-electron chi connectivity index (χ2n) is 10.3. The molecule has 0 fully saturated rings. The molecule has 0 radical (unpaired) electrons. The molecular weight excluding hydrogens is 562 g/mol. The normalized spacial score (nSPS) is 11.9. The number of nitrogens with one attached hydrogen (secondary N) is 2. The van der Waals surface area contributed by atoms with Crippen LogP contribution in [0.2, 0.25) is 0 Å². The second-order valence-corrected chi connectivity index (χ2v) is 10.3. The van der Waals surface area contributed by atoms with Crippen LogP contribution in [0, 0.1) is 0 Å². The Morgan fingerprint density at radius 1 is 0.884 bits per heavy atom. The van der Waals surface area contributed by atoms with E-state index < -0.39 is 29.8 Å². The molecule has 4 rings (SSSR count). The number of carbonyl (C=O) groups is 3. The lowest BCUT2D eigenvalue weighted by Crippen LogP contribution is -2.33. The number of alkyl carbamates (subject to hydrolysis) is 2. The maximum Gasteiger partial charge on any atom is 0.408 e. The van der Waals surface area contributed by atoms with Crippen LogP contribution in [0.3, 0.4) is 0 Å². The highest BCUT2D eigenvalue weighted by molar-refractivity contribution is 5.87. The maximum absolute atomic E-state index is 12.7. The molecule has 43 heavy (non-hydrogen) atoms. The van der Waals surface area contributed by atoms with Crippen molar-refractivity contribution in [2.45, 2.75) is 58.3 Å². The van der Waals surface area contributed by atoms with Gasteiger partial charge >= 0.3 is 18.2 Å². The molecule has 1 unspecified atom stereocenters. The smallest absolute Gasteiger partial charge is 0.408 e. The highest BCUT2D eigenvalue weighted by atomic mass is 16.6. The minimum Gasteiger partial charge on any atom is -0.464 e. The van der Waals surface area contributed by atoms with Crippen LogP contribution in [0.15, 0.2) is 62.4 Å². The molecule has 0 bridgehead atoms. The van der Waals surface area contributed by atoms with Crippen molar-refractivity contribution in [3.8, 4) is 23.2 Å². The first kappa shape index (κ1) is 30.8. The highest BCUT2D eigenvalue weighted by Gasteiger charge is 2.24. The largest absolute Gasteiger partial charge is 0.464 e. The first-order valence-electron chi connectivity index (χ1n) is 13.5. The molecule has 0 aliphatic heterocycles. The SMILES string of the molecule is COC(=O)c1coc(-c2coc(-c3coc(C(CCCCNC(=O)OC(C)(C)C)NC(=O)OCc4ccccc4)n3)n2)n1. The Morgan fingerprint density at radius 3 is 2.33 bits per heavy atom. The van der Waals surface area contributed by atoms with E-state index in [1.807, 2.05) is 30.3 Å². The number of hydrogen-bond donors (Lipinski definition) is 2. The molecule has 3 aromatic heterocycles. The molecule has 14 nitrogen and oxygen atoms in total. The second kappa shape index (κ2) is 14.2. The predicted molar refractivity (Wildman–Crippen MR) is 149 cm³/mol. The zero-order chi connectivity index (χ0) is 30.8. The van der Waals surface area contributed by atoms with E-state index in [2.05, 4.69) is 30.3 Å². The average Bonchev–Trinajstić information content (AvgIpc) is 3.75. The molecule has 14 heteroatoms. The summed E-state index contributed by atoms with van der Waals surface area (Å²) in [6, 6.07) is 8.63. The Balaban J connectivity index is 1.40. The van der Waals surface area contributed by atoms with Crippen molar-refractivity contribution < 1.29 is 41.8 Å². The fourth-order valence-electron chi connectivity index (χ4n) is 3.77. The minimum atomic E-state index is -0.652. The number of unbranched alkanes of at least 4 members (excludes halogenated alkanes) is 1. The number of aromatic nitrogens is 3. The van der Waals surface area contributed by atoms with Crippen molar-refractivity contribution >= 4 is 18.2 Å². The third-order valence-corrected chi connectivity index (χ3v) is 5.75. The Morgan fingerprint density at radius 2 is 1.58 bits per heavy atom. The van der Waals surface area contributed by atoms with E-state index in [0.717, 1.165) is 11.8 Å². The third-order valence-electron chi connectivity index (χ3n) is 5.75. The summed E-state index contributed by atoms with van der Waals surface area (Å²) in [7, 11) is 1.24. The van der Waals surface area contributed by atoms with Crippen LogP contribution in [-0.4, -0.2) is 52.4 Å². The number of benzene rings is 1. The molecule has 4 aromatic rings. The maximum atomic E-state index is 12.7. The van der Waals surface area contributed by atoms with Crippen LogP contribution in [0.4, 0.5) is 9.59 Å². The third kappa shape index (κ3) is 9.18. The molecule has 0 aliphatic rings.